The van der Waals surface area contributed by atoms with Gasteiger partial charge in [-0.3, -0.25) is 4.79 Å². The van der Waals surface area contributed by atoms with Crippen LogP contribution in [-0.2, 0) is 0 Å². The van der Waals surface area contributed by atoms with Crippen LogP contribution in [0.4, 0.5) is 11.4 Å². The molecule has 0 fully saturated rings. The Morgan fingerprint density at radius 1 is 1.13 bits per heavy atom. The Balaban J connectivity index is 1.91. The highest BCUT2D eigenvalue weighted by Crippen LogP contribution is 2.31. The van der Waals surface area contributed by atoms with Crippen LogP contribution in [0.25, 0.3) is 11.0 Å². The smallest absolute Gasteiger partial charge is 0.293 e. The molecule has 0 saturated heterocycles. The predicted molar refractivity (Wildman–Crippen MR) is 91.3 cm³/mol. The van der Waals surface area contributed by atoms with Crippen molar-refractivity contribution in [2.24, 2.45) is 0 Å². The second kappa shape index (κ2) is 6.44. The molecule has 0 spiro atoms. The Hall–Kier alpha value is -2.95. The van der Waals surface area contributed by atoms with E-state index in [1.54, 1.807) is 31.4 Å². The summed E-state index contributed by atoms with van der Waals surface area (Å²) >= 11 is 0. The number of methoxy groups -OCH3 is 1. The number of nitrogens with one attached hydrogen (secondary N) is 2. The van der Waals surface area contributed by atoms with Crippen molar-refractivity contribution in [1.82, 2.24) is 0 Å². The van der Waals surface area contributed by atoms with Crippen molar-refractivity contribution in [3.05, 3.63) is 54.3 Å². The average molecular weight is 310 g/mol. The van der Waals surface area contributed by atoms with E-state index in [-0.39, 0.29) is 11.7 Å². The first-order valence-corrected chi connectivity index (χ1v) is 7.43. The maximum absolute atomic E-state index is 12.6. The summed E-state index contributed by atoms with van der Waals surface area (Å²) in [5.74, 6) is 0.728. The highest BCUT2D eigenvalue weighted by Gasteiger charge is 2.20. The van der Waals surface area contributed by atoms with Crippen LogP contribution < -0.4 is 15.4 Å². The SMILES string of the molecule is CCNc1c(C(=O)Nc2ccc(OC)cc2)oc2ccccc12. The Morgan fingerprint density at radius 3 is 2.57 bits per heavy atom. The van der Waals surface area contributed by atoms with Crippen molar-refractivity contribution >= 4 is 28.3 Å². The van der Waals surface area contributed by atoms with Gasteiger partial charge in [-0.05, 0) is 43.3 Å². The summed E-state index contributed by atoms with van der Waals surface area (Å²) in [7, 11) is 1.60. The van der Waals surface area contributed by atoms with Gasteiger partial charge >= 0.3 is 0 Å². The van der Waals surface area contributed by atoms with E-state index in [4.69, 9.17) is 9.15 Å². The second-order valence-corrected chi connectivity index (χ2v) is 5.02. The van der Waals surface area contributed by atoms with E-state index in [9.17, 15) is 4.79 Å². The van der Waals surface area contributed by atoms with Crippen molar-refractivity contribution in [3.63, 3.8) is 0 Å². The largest absolute Gasteiger partial charge is 0.497 e. The summed E-state index contributed by atoms with van der Waals surface area (Å²) in [5.41, 5.74) is 2.08. The molecule has 2 aromatic carbocycles. The van der Waals surface area contributed by atoms with Gasteiger partial charge in [-0.1, -0.05) is 12.1 Å². The standard InChI is InChI=1S/C18H18N2O3/c1-3-19-16-14-6-4-5-7-15(14)23-17(16)18(21)20-12-8-10-13(22-2)11-9-12/h4-11,19H,3H2,1-2H3,(H,20,21). The number of furan rings is 1. The molecule has 0 saturated carbocycles. The quantitative estimate of drug-likeness (QED) is 0.744. The third kappa shape index (κ3) is 2.99. The third-order valence-electron chi connectivity index (χ3n) is 3.50. The highest BCUT2D eigenvalue weighted by atomic mass is 16.5. The van der Waals surface area contributed by atoms with Gasteiger partial charge in [0.05, 0.1) is 12.8 Å². The van der Waals surface area contributed by atoms with Crippen molar-refractivity contribution < 1.29 is 13.9 Å². The summed E-state index contributed by atoms with van der Waals surface area (Å²) in [6.45, 7) is 2.68. The summed E-state index contributed by atoms with van der Waals surface area (Å²) in [6.07, 6.45) is 0. The summed E-state index contributed by atoms with van der Waals surface area (Å²) in [6, 6.07) is 14.7. The molecule has 1 amide bonds. The van der Waals surface area contributed by atoms with Gasteiger partial charge in [0.1, 0.15) is 11.3 Å². The first kappa shape index (κ1) is 15.0. The Bertz CT molecular complexity index is 822. The van der Waals surface area contributed by atoms with Gasteiger partial charge < -0.3 is 19.8 Å². The molecular weight excluding hydrogens is 292 g/mol. The lowest BCUT2D eigenvalue weighted by Crippen LogP contribution is -2.13. The van der Waals surface area contributed by atoms with Gasteiger partial charge in [0.25, 0.3) is 5.91 Å². The predicted octanol–water partition coefficient (Wildman–Crippen LogP) is 4.13. The fourth-order valence-corrected chi connectivity index (χ4v) is 2.42. The molecule has 0 radical (unpaired) electrons. The fraction of sp³-hybridized carbons (Fsp3) is 0.167. The zero-order chi connectivity index (χ0) is 16.2. The van der Waals surface area contributed by atoms with Crippen LogP contribution in [0.3, 0.4) is 0 Å². The van der Waals surface area contributed by atoms with Gasteiger partial charge in [-0.2, -0.15) is 0 Å². The monoisotopic (exact) mass is 310 g/mol. The number of ether oxygens (including phenoxy) is 1. The van der Waals surface area contributed by atoms with Gasteiger partial charge in [0.2, 0.25) is 5.76 Å². The fourth-order valence-electron chi connectivity index (χ4n) is 2.42. The zero-order valence-electron chi connectivity index (χ0n) is 13.1. The first-order valence-electron chi connectivity index (χ1n) is 7.43. The first-order chi connectivity index (χ1) is 11.2. The molecule has 0 aliphatic heterocycles. The number of anilines is 2. The molecule has 118 valence electrons. The molecule has 23 heavy (non-hydrogen) atoms. The molecule has 0 bridgehead atoms. The molecule has 1 aromatic heterocycles. The second-order valence-electron chi connectivity index (χ2n) is 5.02. The molecule has 0 aliphatic carbocycles. The van der Waals surface area contributed by atoms with Gasteiger partial charge in [-0.15, -0.1) is 0 Å². The van der Waals surface area contributed by atoms with E-state index >= 15 is 0 Å². The lowest BCUT2D eigenvalue weighted by Gasteiger charge is -2.07. The number of benzene rings is 2. The minimum Gasteiger partial charge on any atom is -0.497 e. The van der Waals surface area contributed by atoms with Crippen LogP contribution in [0.5, 0.6) is 5.75 Å². The minimum absolute atomic E-state index is 0.281. The molecular formula is C18H18N2O3. The van der Waals surface area contributed by atoms with Crippen LogP contribution in [-0.4, -0.2) is 19.6 Å². The topological polar surface area (TPSA) is 63.5 Å². The van der Waals surface area contributed by atoms with Crippen molar-refractivity contribution in [1.29, 1.82) is 0 Å². The van der Waals surface area contributed by atoms with Gasteiger partial charge in [-0.25, -0.2) is 0 Å². The van der Waals surface area contributed by atoms with E-state index in [0.29, 0.717) is 23.5 Å². The molecule has 5 nitrogen and oxygen atoms in total. The Morgan fingerprint density at radius 2 is 1.87 bits per heavy atom. The van der Waals surface area contributed by atoms with Crippen molar-refractivity contribution in [3.8, 4) is 5.75 Å². The Kier molecular flexibility index (Phi) is 4.19. The number of fused-ring (bicyclic) bond motifs is 1. The molecule has 0 atom stereocenters. The van der Waals surface area contributed by atoms with Crippen LogP contribution in [0, 0.1) is 0 Å². The summed E-state index contributed by atoms with van der Waals surface area (Å²) < 4.78 is 10.8. The zero-order valence-corrected chi connectivity index (χ0v) is 13.1. The van der Waals surface area contributed by atoms with Crippen molar-refractivity contribution in [2.75, 3.05) is 24.3 Å². The maximum Gasteiger partial charge on any atom is 0.293 e. The number of amides is 1. The van der Waals surface area contributed by atoms with Crippen LogP contribution >= 0.6 is 0 Å². The number of carbonyl (C=O) groups excluding carboxylic acids is 1. The van der Waals surface area contributed by atoms with E-state index in [2.05, 4.69) is 10.6 Å². The summed E-state index contributed by atoms with van der Waals surface area (Å²) in [5, 5.41) is 6.95. The molecule has 3 aromatic rings. The molecule has 2 N–H and O–H groups in total. The maximum atomic E-state index is 12.6. The molecule has 0 aliphatic rings. The number of hydrogen-bond donors (Lipinski definition) is 2. The van der Waals surface area contributed by atoms with Gasteiger partial charge in [0, 0.05) is 17.6 Å². The van der Waals surface area contributed by atoms with E-state index < -0.39 is 0 Å². The summed E-state index contributed by atoms with van der Waals surface area (Å²) in [4.78, 5) is 12.6. The molecule has 1 heterocycles. The van der Waals surface area contributed by atoms with Gasteiger partial charge in [0.15, 0.2) is 0 Å². The lowest BCUT2D eigenvalue weighted by molar-refractivity contribution is 0.0999. The van der Waals surface area contributed by atoms with Crippen LogP contribution in [0.1, 0.15) is 17.5 Å². The van der Waals surface area contributed by atoms with E-state index in [1.165, 1.54) is 0 Å². The number of carbonyl (C=O) groups is 1. The lowest BCUT2D eigenvalue weighted by atomic mass is 10.2. The molecule has 3 rings (SSSR count). The molecule has 5 heteroatoms. The van der Waals surface area contributed by atoms with Crippen LogP contribution in [0.2, 0.25) is 0 Å². The number of rotatable bonds is 5. The normalized spacial score (nSPS) is 10.5. The Labute approximate surface area is 134 Å². The highest BCUT2D eigenvalue weighted by molar-refractivity contribution is 6.11. The van der Waals surface area contributed by atoms with E-state index in [1.807, 2.05) is 31.2 Å². The minimum atomic E-state index is -0.290. The third-order valence-corrected chi connectivity index (χ3v) is 3.50. The van der Waals surface area contributed by atoms with E-state index in [0.717, 1.165) is 11.1 Å². The van der Waals surface area contributed by atoms with Crippen molar-refractivity contribution in [2.45, 2.75) is 6.92 Å². The number of hydrogen-bond acceptors (Lipinski definition) is 4. The average Bonchev–Trinajstić information content (AvgIpc) is 2.95. The van der Waals surface area contributed by atoms with Crippen LogP contribution in [0.15, 0.2) is 52.9 Å². The number of para-hydroxylation sites is 1. The molecule has 0 unspecified atom stereocenters.